The zero-order chi connectivity index (χ0) is 13.8. The Morgan fingerprint density at radius 3 is 2.63 bits per heavy atom. The van der Waals surface area contributed by atoms with Gasteiger partial charge in [0.1, 0.15) is 12.4 Å². The lowest BCUT2D eigenvalue weighted by atomic mass is 10.2. The van der Waals surface area contributed by atoms with E-state index >= 15 is 0 Å². The second-order valence-corrected chi connectivity index (χ2v) is 5.61. The van der Waals surface area contributed by atoms with Gasteiger partial charge >= 0.3 is 0 Å². The van der Waals surface area contributed by atoms with E-state index in [1.165, 1.54) is 12.1 Å². The van der Waals surface area contributed by atoms with Crippen molar-refractivity contribution in [3.05, 3.63) is 56.7 Å². The van der Waals surface area contributed by atoms with Crippen LogP contribution in [-0.4, -0.2) is 7.11 Å². The van der Waals surface area contributed by atoms with Gasteiger partial charge in [0.25, 0.3) is 0 Å². The largest absolute Gasteiger partial charge is 0.493 e. The maximum Gasteiger partial charge on any atom is 0.175 e. The number of benzene rings is 2. The summed E-state index contributed by atoms with van der Waals surface area (Å²) in [6.45, 7) is 0.259. The highest BCUT2D eigenvalue weighted by Crippen LogP contribution is 2.35. The highest BCUT2D eigenvalue weighted by Gasteiger charge is 2.09. The van der Waals surface area contributed by atoms with Crippen LogP contribution in [0.2, 0.25) is 0 Å². The van der Waals surface area contributed by atoms with Crippen LogP contribution in [-0.2, 0) is 6.61 Å². The molecule has 2 rings (SSSR count). The molecular formula is C14H11Br2FO2. The predicted molar refractivity (Wildman–Crippen MR) is 79.1 cm³/mol. The molecule has 2 aromatic rings. The van der Waals surface area contributed by atoms with Crippen molar-refractivity contribution < 1.29 is 13.9 Å². The molecule has 0 saturated heterocycles. The standard InChI is InChI=1S/C14H11Br2FO2/c1-18-13-4-2-3-12(16)14(13)19-8-9-5-10(15)7-11(17)6-9/h2-7H,8H2,1H3. The van der Waals surface area contributed by atoms with E-state index in [2.05, 4.69) is 31.9 Å². The zero-order valence-corrected chi connectivity index (χ0v) is 13.3. The van der Waals surface area contributed by atoms with E-state index in [9.17, 15) is 4.39 Å². The van der Waals surface area contributed by atoms with E-state index in [1.54, 1.807) is 7.11 Å². The van der Waals surface area contributed by atoms with E-state index in [4.69, 9.17) is 9.47 Å². The summed E-state index contributed by atoms with van der Waals surface area (Å²) in [5.41, 5.74) is 0.740. The third kappa shape index (κ3) is 3.70. The minimum atomic E-state index is -0.299. The number of ether oxygens (including phenoxy) is 2. The van der Waals surface area contributed by atoms with Gasteiger partial charge in [-0.1, -0.05) is 22.0 Å². The van der Waals surface area contributed by atoms with Gasteiger partial charge in [0.05, 0.1) is 11.6 Å². The molecule has 0 fully saturated rings. The molecule has 0 aliphatic heterocycles. The lowest BCUT2D eigenvalue weighted by Gasteiger charge is -2.12. The van der Waals surface area contributed by atoms with Crippen LogP contribution < -0.4 is 9.47 Å². The molecule has 0 N–H and O–H groups in total. The Kier molecular flexibility index (Phi) is 4.82. The topological polar surface area (TPSA) is 18.5 Å². The molecule has 0 bridgehead atoms. The fraction of sp³-hybridized carbons (Fsp3) is 0.143. The van der Waals surface area contributed by atoms with E-state index in [0.29, 0.717) is 16.0 Å². The smallest absolute Gasteiger partial charge is 0.175 e. The summed E-state index contributed by atoms with van der Waals surface area (Å²) in [5.74, 6) is 0.933. The van der Waals surface area contributed by atoms with Crippen LogP contribution in [0, 0.1) is 5.82 Å². The number of rotatable bonds is 4. The van der Waals surface area contributed by atoms with Crippen molar-refractivity contribution >= 4 is 31.9 Å². The van der Waals surface area contributed by atoms with Crippen LogP contribution in [0.3, 0.4) is 0 Å². The molecule has 0 amide bonds. The van der Waals surface area contributed by atoms with Crippen molar-refractivity contribution in [2.75, 3.05) is 7.11 Å². The molecule has 0 unspecified atom stereocenters. The first-order valence-corrected chi connectivity index (χ1v) is 7.09. The first-order chi connectivity index (χ1) is 9.10. The summed E-state index contributed by atoms with van der Waals surface area (Å²) in [4.78, 5) is 0. The molecule has 0 heterocycles. The number of para-hydroxylation sites is 1. The molecule has 2 aromatic carbocycles. The minimum absolute atomic E-state index is 0.259. The molecular weight excluding hydrogens is 379 g/mol. The minimum Gasteiger partial charge on any atom is -0.493 e. The molecule has 2 nitrogen and oxygen atoms in total. The molecule has 100 valence electrons. The van der Waals surface area contributed by atoms with Crippen molar-refractivity contribution in [1.82, 2.24) is 0 Å². The molecule has 0 radical (unpaired) electrons. The maximum absolute atomic E-state index is 13.3. The zero-order valence-electron chi connectivity index (χ0n) is 10.1. The first-order valence-electron chi connectivity index (χ1n) is 5.50. The predicted octanol–water partition coefficient (Wildman–Crippen LogP) is 4.94. The Hall–Kier alpha value is -1.07. The highest BCUT2D eigenvalue weighted by molar-refractivity contribution is 9.10. The first kappa shape index (κ1) is 14.3. The average molecular weight is 390 g/mol. The molecule has 0 spiro atoms. The quantitative estimate of drug-likeness (QED) is 0.737. The summed E-state index contributed by atoms with van der Waals surface area (Å²) in [5, 5.41) is 0. The Bertz CT molecular complexity index is 567. The van der Waals surface area contributed by atoms with Crippen LogP contribution in [0.15, 0.2) is 45.3 Å². The molecule has 0 aliphatic rings. The fourth-order valence-electron chi connectivity index (χ4n) is 1.64. The molecule has 0 saturated carbocycles. The molecule has 0 atom stereocenters. The summed E-state index contributed by atoms with van der Waals surface area (Å²) in [7, 11) is 1.58. The molecule has 5 heteroatoms. The number of hydrogen-bond donors (Lipinski definition) is 0. The monoisotopic (exact) mass is 388 g/mol. The van der Waals surface area contributed by atoms with Gasteiger partial charge in [-0.25, -0.2) is 4.39 Å². The lowest BCUT2D eigenvalue weighted by Crippen LogP contribution is -1.99. The molecule has 0 aliphatic carbocycles. The highest BCUT2D eigenvalue weighted by atomic mass is 79.9. The van der Waals surface area contributed by atoms with Crippen LogP contribution in [0.5, 0.6) is 11.5 Å². The summed E-state index contributed by atoms with van der Waals surface area (Å²) >= 11 is 6.65. The van der Waals surface area contributed by atoms with Crippen LogP contribution in [0.4, 0.5) is 4.39 Å². The third-order valence-electron chi connectivity index (χ3n) is 2.46. The van der Waals surface area contributed by atoms with Gasteiger partial charge in [0.15, 0.2) is 11.5 Å². The SMILES string of the molecule is COc1cccc(Br)c1OCc1cc(F)cc(Br)c1. The summed E-state index contributed by atoms with van der Waals surface area (Å²) < 4.78 is 25.7. The Morgan fingerprint density at radius 2 is 1.95 bits per heavy atom. The van der Waals surface area contributed by atoms with Crippen molar-refractivity contribution in [1.29, 1.82) is 0 Å². The van der Waals surface area contributed by atoms with Crippen molar-refractivity contribution in [2.24, 2.45) is 0 Å². The van der Waals surface area contributed by atoms with Crippen molar-refractivity contribution in [3.8, 4) is 11.5 Å². The Balaban J connectivity index is 2.18. The van der Waals surface area contributed by atoms with E-state index in [-0.39, 0.29) is 12.4 Å². The fourth-order valence-corrected chi connectivity index (χ4v) is 2.61. The number of methoxy groups -OCH3 is 1. The van der Waals surface area contributed by atoms with Crippen molar-refractivity contribution in [2.45, 2.75) is 6.61 Å². The van der Waals surface area contributed by atoms with Gasteiger partial charge in [-0.2, -0.15) is 0 Å². The normalized spacial score (nSPS) is 10.3. The van der Waals surface area contributed by atoms with Crippen molar-refractivity contribution in [3.63, 3.8) is 0 Å². The van der Waals surface area contributed by atoms with Crippen LogP contribution in [0.25, 0.3) is 0 Å². The molecule has 0 aromatic heterocycles. The summed E-state index contributed by atoms with van der Waals surface area (Å²) in [6, 6.07) is 10.2. The Labute approximate surface area is 127 Å². The maximum atomic E-state index is 13.3. The van der Waals surface area contributed by atoms with Gasteiger partial charge in [-0.05, 0) is 51.8 Å². The second-order valence-electron chi connectivity index (χ2n) is 3.84. The van der Waals surface area contributed by atoms with Gasteiger partial charge in [-0.15, -0.1) is 0 Å². The van der Waals surface area contributed by atoms with E-state index in [1.807, 2.05) is 24.3 Å². The van der Waals surface area contributed by atoms with Gasteiger partial charge < -0.3 is 9.47 Å². The van der Waals surface area contributed by atoms with E-state index in [0.717, 1.165) is 10.0 Å². The van der Waals surface area contributed by atoms with Crippen LogP contribution >= 0.6 is 31.9 Å². The molecule has 19 heavy (non-hydrogen) atoms. The Morgan fingerprint density at radius 1 is 1.16 bits per heavy atom. The number of hydrogen-bond acceptors (Lipinski definition) is 2. The lowest BCUT2D eigenvalue weighted by molar-refractivity contribution is 0.282. The van der Waals surface area contributed by atoms with Gasteiger partial charge in [0.2, 0.25) is 0 Å². The van der Waals surface area contributed by atoms with E-state index < -0.39 is 0 Å². The third-order valence-corrected chi connectivity index (χ3v) is 3.54. The summed E-state index contributed by atoms with van der Waals surface area (Å²) in [6.07, 6.45) is 0. The van der Waals surface area contributed by atoms with Gasteiger partial charge in [-0.3, -0.25) is 0 Å². The van der Waals surface area contributed by atoms with Crippen LogP contribution in [0.1, 0.15) is 5.56 Å². The number of halogens is 3. The second kappa shape index (κ2) is 6.39. The van der Waals surface area contributed by atoms with Gasteiger partial charge in [0, 0.05) is 4.47 Å². The average Bonchev–Trinajstić information content (AvgIpc) is 2.36.